The van der Waals surface area contributed by atoms with Crippen LogP contribution in [0.2, 0.25) is 0 Å². The van der Waals surface area contributed by atoms with Gasteiger partial charge in [-0.1, -0.05) is 73.3 Å². The van der Waals surface area contributed by atoms with Crippen molar-refractivity contribution in [2.75, 3.05) is 5.32 Å². The molecule has 1 fully saturated rings. The molecule has 0 aliphatic carbocycles. The molecular formula is C29H25BrN2O2S. The van der Waals surface area contributed by atoms with E-state index in [1.807, 2.05) is 48.5 Å². The third kappa shape index (κ3) is 5.72. The molecule has 4 aromatic rings. The van der Waals surface area contributed by atoms with Crippen LogP contribution in [0.25, 0.3) is 16.8 Å². The Morgan fingerprint density at radius 1 is 0.971 bits per heavy atom. The zero-order valence-electron chi connectivity index (χ0n) is 19.3. The molecule has 0 saturated carbocycles. The van der Waals surface area contributed by atoms with E-state index in [0.29, 0.717) is 11.5 Å². The molecule has 4 nitrogen and oxygen atoms in total. The highest BCUT2D eigenvalue weighted by Crippen LogP contribution is 2.33. The minimum absolute atomic E-state index is 0.0783. The van der Waals surface area contributed by atoms with E-state index in [4.69, 9.17) is 4.74 Å². The standard InChI is InChI=1S/C29H25BrN2O2S/c1-2-19-8-12-24(13-9-19)31-29-32-28(33)27(35-29)17-20-10-14-26(25(30)16-20)34-18-21-7-11-22-5-3-4-6-23(22)15-21/h3-17,29,31H,2,18H2,1H3,(H,32,33)/b27-17-/t29-/m1/s1. The second kappa shape index (κ2) is 10.6. The monoisotopic (exact) mass is 544 g/mol. The normalized spacial score (nSPS) is 16.5. The second-order valence-corrected chi connectivity index (χ2v) is 10.3. The van der Waals surface area contributed by atoms with Crippen LogP contribution in [0, 0.1) is 0 Å². The number of ether oxygens (including phenoxy) is 1. The predicted octanol–water partition coefficient (Wildman–Crippen LogP) is 7.34. The lowest BCUT2D eigenvalue weighted by molar-refractivity contribution is -0.116. The van der Waals surface area contributed by atoms with Gasteiger partial charge in [-0.25, -0.2) is 0 Å². The molecule has 0 aromatic heterocycles. The average Bonchev–Trinajstić information content (AvgIpc) is 3.22. The van der Waals surface area contributed by atoms with Gasteiger partial charge in [-0.15, -0.1) is 0 Å². The number of halogens is 1. The van der Waals surface area contributed by atoms with Crippen LogP contribution in [0.4, 0.5) is 5.69 Å². The highest BCUT2D eigenvalue weighted by Gasteiger charge is 2.27. The van der Waals surface area contributed by atoms with Crippen LogP contribution in [0.5, 0.6) is 5.75 Å². The van der Waals surface area contributed by atoms with Crippen molar-refractivity contribution in [3.8, 4) is 5.75 Å². The fourth-order valence-electron chi connectivity index (χ4n) is 3.92. The Labute approximate surface area is 217 Å². The fourth-order valence-corrected chi connectivity index (χ4v) is 5.41. The van der Waals surface area contributed by atoms with Crippen LogP contribution in [-0.4, -0.2) is 11.4 Å². The van der Waals surface area contributed by atoms with Crippen molar-refractivity contribution in [1.29, 1.82) is 0 Å². The summed E-state index contributed by atoms with van der Waals surface area (Å²) in [5, 5.41) is 8.77. The zero-order valence-corrected chi connectivity index (χ0v) is 21.7. The molecule has 4 aromatic carbocycles. The van der Waals surface area contributed by atoms with Crippen LogP contribution in [0.3, 0.4) is 0 Å². The molecule has 35 heavy (non-hydrogen) atoms. The molecule has 1 saturated heterocycles. The maximum atomic E-state index is 12.5. The number of hydrogen-bond donors (Lipinski definition) is 2. The van der Waals surface area contributed by atoms with Crippen molar-refractivity contribution >= 4 is 56.1 Å². The fraction of sp³-hybridized carbons (Fsp3) is 0.138. The summed E-state index contributed by atoms with van der Waals surface area (Å²) in [6.45, 7) is 2.61. The first-order valence-electron chi connectivity index (χ1n) is 11.5. The van der Waals surface area contributed by atoms with Gasteiger partial charge in [0.25, 0.3) is 5.91 Å². The van der Waals surface area contributed by atoms with Gasteiger partial charge in [0, 0.05) is 5.69 Å². The van der Waals surface area contributed by atoms with E-state index in [0.717, 1.165) is 33.5 Å². The van der Waals surface area contributed by atoms with Gasteiger partial charge in [-0.2, -0.15) is 0 Å². The van der Waals surface area contributed by atoms with Gasteiger partial charge in [0.2, 0.25) is 0 Å². The number of carbonyl (C=O) groups excluding carboxylic acids is 1. The van der Waals surface area contributed by atoms with Gasteiger partial charge in [0.1, 0.15) is 12.4 Å². The summed E-state index contributed by atoms with van der Waals surface area (Å²) < 4.78 is 6.90. The number of fused-ring (bicyclic) bond motifs is 1. The number of thioether (sulfide) groups is 1. The molecule has 1 amide bonds. The summed E-state index contributed by atoms with van der Waals surface area (Å²) in [7, 11) is 0. The Balaban J connectivity index is 1.22. The van der Waals surface area contributed by atoms with Gasteiger partial charge < -0.3 is 15.4 Å². The van der Waals surface area contributed by atoms with E-state index in [2.05, 4.69) is 76.0 Å². The minimum Gasteiger partial charge on any atom is -0.488 e. The number of hydrogen-bond acceptors (Lipinski definition) is 4. The van der Waals surface area contributed by atoms with E-state index in [-0.39, 0.29) is 11.4 Å². The molecule has 0 unspecified atom stereocenters. The van der Waals surface area contributed by atoms with Crippen molar-refractivity contribution in [2.45, 2.75) is 25.4 Å². The number of amides is 1. The van der Waals surface area contributed by atoms with Crippen LogP contribution >= 0.6 is 27.7 Å². The number of rotatable bonds is 7. The minimum atomic E-state index is -0.200. The SMILES string of the molecule is CCc1ccc(N[C@@H]2NC(=O)/C(=C/c3ccc(OCc4ccc5ccccc5c4)c(Br)c3)S2)cc1. The van der Waals surface area contributed by atoms with Crippen molar-refractivity contribution in [3.05, 3.63) is 111 Å². The smallest absolute Gasteiger partial charge is 0.260 e. The molecule has 1 aliphatic rings. The number of carbonyl (C=O) groups is 1. The van der Waals surface area contributed by atoms with Crippen LogP contribution in [-0.2, 0) is 17.8 Å². The summed E-state index contributed by atoms with van der Waals surface area (Å²) in [6, 6.07) is 28.8. The van der Waals surface area contributed by atoms with E-state index >= 15 is 0 Å². The molecule has 1 aliphatic heterocycles. The number of anilines is 1. The van der Waals surface area contributed by atoms with Gasteiger partial charge >= 0.3 is 0 Å². The molecule has 2 N–H and O–H groups in total. The second-order valence-electron chi connectivity index (χ2n) is 8.33. The van der Waals surface area contributed by atoms with Gasteiger partial charge in [0.15, 0.2) is 5.50 Å². The Hall–Kier alpha value is -3.22. The number of benzene rings is 4. The first kappa shape index (κ1) is 23.5. The summed E-state index contributed by atoms with van der Waals surface area (Å²) in [5.74, 6) is 0.685. The van der Waals surface area contributed by atoms with Crippen LogP contribution < -0.4 is 15.4 Å². The van der Waals surface area contributed by atoms with Crippen LogP contribution in [0.15, 0.2) is 94.3 Å². The molecule has 1 heterocycles. The third-order valence-electron chi connectivity index (χ3n) is 5.85. The maximum absolute atomic E-state index is 12.5. The largest absolute Gasteiger partial charge is 0.488 e. The van der Waals surface area contributed by atoms with Crippen molar-refractivity contribution in [3.63, 3.8) is 0 Å². The lowest BCUT2D eigenvalue weighted by atomic mass is 10.1. The van der Waals surface area contributed by atoms with Gasteiger partial charge in [-0.05, 0) is 86.2 Å². The first-order chi connectivity index (χ1) is 17.1. The first-order valence-corrected chi connectivity index (χ1v) is 13.2. The van der Waals surface area contributed by atoms with Crippen molar-refractivity contribution in [1.82, 2.24) is 5.32 Å². The molecule has 1 atom stereocenters. The van der Waals surface area contributed by atoms with E-state index < -0.39 is 0 Å². The van der Waals surface area contributed by atoms with Crippen molar-refractivity contribution < 1.29 is 9.53 Å². The summed E-state index contributed by atoms with van der Waals surface area (Å²) >= 11 is 5.10. The molecule has 6 heteroatoms. The lowest BCUT2D eigenvalue weighted by Gasteiger charge is -2.13. The van der Waals surface area contributed by atoms with E-state index in [9.17, 15) is 4.79 Å². The number of aryl methyl sites for hydroxylation is 1. The third-order valence-corrected chi connectivity index (χ3v) is 7.50. The Morgan fingerprint density at radius 2 is 1.74 bits per heavy atom. The molecule has 0 spiro atoms. The maximum Gasteiger partial charge on any atom is 0.260 e. The van der Waals surface area contributed by atoms with Gasteiger partial charge in [-0.3, -0.25) is 4.79 Å². The van der Waals surface area contributed by atoms with E-state index in [1.54, 1.807) is 0 Å². The molecular weight excluding hydrogens is 520 g/mol. The molecule has 0 radical (unpaired) electrons. The Kier molecular flexibility index (Phi) is 7.11. The predicted molar refractivity (Wildman–Crippen MR) is 149 cm³/mol. The highest BCUT2D eigenvalue weighted by atomic mass is 79.9. The number of nitrogens with one attached hydrogen (secondary N) is 2. The highest BCUT2D eigenvalue weighted by molar-refractivity contribution is 9.10. The molecule has 5 rings (SSSR count). The summed E-state index contributed by atoms with van der Waals surface area (Å²) in [4.78, 5) is 13.2. The van der Waals surface area contributed by atoms with E-state index in [1.165, 1.54) is 28.1 Å². The lowest BCUT2D eigenvalue weighted by Crippen LogP contribution is -2.30. The molecule has 0 bridgehead atoms. The Bertz CT molecular complexity index is 1400. The van der Waals surface area contributed by atoms with Crippen molar-refractivity contribution in [2.24, 2.45) is 0 Å². The molecule has 176 valence electrons. The average molecular weight is 546 g/mol. The van der Waals surface area contributed by atoms with Crippen LogP contribution in [0.1, 0.15) is 23.6 Å². The van der Waals surface area contributed by atoms with Gasteiger partial charge in [0.05, 0.1) is 9.38 Å². The zero-order chi connectivity index (χ0) is 24.2. The quantitative estimate of drug-likeness (QED) is 0.239. The Morgan fingerprint density at radius 3 is 2.51 bits per heavy atom. The topological polar surface area (TPSA) is 50.4 Å². The summed E-state index contributed by atoms with van der Waals surface area (Å²) in [6.07, 6.45) is 2.91. The summed E-state index contributed by atoms with van der Waals surface area (Å²) in [5.41, 5.74) is 4.12.